The SMILES string of the molecule is CCC(C)(CC(C)=O)C(=O)CP. The van der Waals surface area contributed by atoms with Crippen LogP contribution in [0.25, 0.3) is 0 Å². The molecular formula is C9H17O2P. The summed E-state index contributed by atoms with van der Waals surface area (Å²) in [6.45, 7) is 5.34. The Morgan fingerprint density at radius 2 is 1.92 bits per heavy atom. The van der Waals surface area contributed by atoms with Crippen molar-refractivity contribution < 1.29 is 9.59 Å². The minimum absolute atomic E-state index is 0.0890. The first-order valence-electron chi connectivity index (χ1n) is 4.19. The molecule has 0 amide bonds. The molecule has 12 heavy (non-hydrogen) atoms. The Labute approximate surface area is 76.3 Å². The third-order valence-electron chi connectivity index (χ3n) is 2.28. The molecule has 2 unspecified atom stereocenters. The summed E-state index contributed by atoms with van der Waals surface area (Å²) < 4.78 is 0. The Bertz CT molecular complexity index is 189. The summed E-state index contributed by atoms with van der Waals surface area (Å²) in [4.78, 5) is 22.3. The maximum Gasteiger partial charge on any atom is 0.142 e. The zero-order valence-electron chi connectivity index (χ0n) is 8.02. The molecule has 3 heteroatoms. The molecule has 2 atom stereocenters. The molecule has 0 spiro atoms. The summed E-state index contributed by atoms with van der Waals surface area (Å²) in [5.74, 6) is 0.247. The number of ketones is 2. The quantitative estimate of drug-likeness (QED) is 0.617. The highest BCUT2D eigenvalue weighted by molar-refractivity contribution is 7.18. The van der Waals surface area contributed by atoms with Crippen molar-refractivity contribution in [2.24, 2.45) is 5.41 Å². The average molecular weight is 188 g/mol. The van der Waals surface area contributed by atoms with Crippen LogP contribution in [0, 0.1) is 5.41 Å². The first kappa shape index (κ1) is 11.8. The summed E-state index contributed by atoms with van der Waals surface area (Å²) in [5, 5.41) is 0. The van der Waals surface area contributed by atoms with Gasteiger partial charge < -0.3 is 0 Å². The van der Waals surface area contributed by atoms with Gasteiger partial charge in [0, 0.05) is 18.0 Å². The van der Waals surface area contributed by atoms with Crippen LogP contribution in [-0.4, -0.2) is 17.7 Å². The van der Waals surface area contributed by atoms with E-state index in [0.29, 0.717) is 12.6 Å². The number of rotatable bonds is 5. The van der Waals surface area contributed by atoms with Crippen molar-refractivity contribution in [1.82, 2.24) is 0 Å². The number of hydrogen-bond donors (Lipinski definition) is 0. The molecule has 0 aromatic carbocycles. The second-order valence-electron chi connectivity index (χ2n) is 3.42. The maximum atomic E-state index is 11.4. The van der Waals surface area contributed by atoms with Gasteiger partial charge in [-0.05, 0) is 13.3 Å². The first-order valence-corrected chi connectivity index (χ1v) is 5.00. The number of carbonyl (C=O) groups is 2. The number of hydrogen-bond acceptors (Lipinski definition) is 2. The van der Waals surface area contributed by atoms with Crippen molar-refractivity contribution in [2.75, 3.05) is 6.16 Å². The smallest absolute Gasteiger partial charge is 0.142 e. The lowest BCUT2D eigenvalue weighted by atomic mass is 9.79. The lowest BCUT2D eigenvalue weighted by Gasteiger charge is -2.24. The van der Waals surface area contributed by atoms with E-state index in [9.17, 15) is 9.59 Å². The van der Waals surface area contributed by atoms with Gasteiger partial charge in [0.2, 0.25) is 0 Å². The molecule has 0 saturated heterocycles. The van der Waals surface area contributed by atoms with E-state index in [1.54, 1.807) is 0 Å². The van der Waals surface area contributed by atoms with Crippen molar-refractivity contribution in [3.05, 3.63) is 0 Å². The normalized spacial score (nSPS) is 15.3. The van der Waals surface area contributed by atoms with E-state index in [-0.39, 0.29) is 11.6 Å². The van der Waals surface area contributed by atoms with Crippen LogP contribution in [0.4, 0.5) is 0 Å². The largest absolute Gasteiger partial charge is 0.300 e. The van der Waals surface area contributed by atoms with Crippen LogP contribution >= 0.6 is 9.24 Å². The standard InChI is InChI=1S/C9H17O2P/c1-4-9(3,5-7(2)10)8(11)6-12/h4-6,12H2,1-3H3. The Morgan fingerprint density at radius 1 is 1.42 bits per heavy atom. The third-order valence-corrected chi connectivity index (χ3v) is 2.65. The highest BCUT2D eigenvalue weighted by Gasteiger charge is 2.30. The van der Waals surface area contributed by atoms with E-state index < -0.39 is 5.41 Å². The molecule has 0 radical (unpaired) electrons. The lowest BCUT2D eigenvalue weighted by molar-refractivity contribution is -0.130. The van der Waals surface area contributed by atoms with Gasteiger partial charge in [-0.1, -0.05) is 13.8 Å². The van der Waals surface area contributed by atoms with Gasteiger partial charge in [0.1, 0.15) is 11.6 Å². The summed E-state index contributed by atoms with van der Waals surface area (Å²) in [5.41, 5.74) is -0.437. The number of carbonyl (C=O) groups excluding carboxylic acids is 2. The van der Waals surface area contributed by atoms with E-state index in [1.807, 2.05) is 13.8 Å². The van der Waals surface area contributed by atoms with Gasteiger partial charge in [-0.2, -0.15) is 0 Å². The monoisotopic (exact) mass is 188 g/mol. The van der Waals surface area contributed by atoms with Gasteiger partial charge in [0.15, 0.2) is 0 Å². The fourth-order valence-electron chi connectivity index (χ4n) is 1.22. The summed E-state index contributed by atoms with van der Waals surface area (Å²) in [7, 11) is 2.41. The van der Waals surface area contributed by atoms with Crippen LogP contribution in [-0.2, 0) is 9.59 Å². The van der Waals surface area contributed by atoms with Crippen molar-refractivity contribution >= 4 is 20.8 Å². The van der Waals surface area contributed by atoms with Gasteiger partial charge in [0.05, 0.1) is 0 Å². The molecule has 0 heterocycles. The molecule has 0 bridgehead atoms. The molecule has 0 aromatic rings. The highest BCUT2D eigenvalue weighted by atomic mass is 31.0. The fourth-order valence-corrected chi connectivity index (χ4v) is 1.71. The highest BCUT2D eigenvalue weighted by Crippen LogP contribution is 2.27. The van der Waals surface area contributed by atoms with Crippen LogP contribution in [0.2, 0.25) is 0 Å². The molecule has 0 fully saturated rings. The summed E-state index contributed by atoms with van der Waals surface area (Å²) in [6, 6.07) is 0. The van der Waals surface area contributed by atoms with Crippen molar-refractivity contribution in [2.45, 2.75) is 33.6 Å². The zero-order valence-corrected chi connectivity index (χ0v) is 9.17. The van der Waals surface area contributed by atoms with Gasteiger partial charge in [-0.25, -0.2) is 0 Å². The van der Waals surface area contributed by atoms with Crippen LogP contribution in [0.5, 0.6) is 0 Å². The van der Waals surface area contributed by atoms with Gasteiger partial charge >= 0.3 is 0 Å². The Hall–Kier alpha value is -0.230. The van der Waals surface area contributed by atoms with E-state index in [4.69, 9.17) is 0 Å². The topological polar surface area (TPSA) is 34.1 Å². The van der Waals surface area contributed by atoms with Crippen molar-refractivity contribution in [3.63, 3.8) is 0 Å². The molecular weight excluding hydrogens is 171 g/mol. The average Bonchev–Trinajstić information content (AvgIpc) is 2.01. The molecule has 0 aliphatic carbocycles. The predicted molar refractivity (Wildman–Crippen MR) is 53.3 cm³/mol. The molecule has 2 nitrogen and oxygen atoms in total. The molecule has 0 N–H and O–H groups in total. The minimum atomic E-state index is -0.437. The van der Waals surface area contributed by atoms with E-state index in [0.717, 1.165) is 6.42 Å². The predicted octanol–water partition coefficient (Wildman–Crippen LogP) is 1.83. The molecule has 0 aliphatic rings. The minimum Gasteiger partial charge on any atom is -0.300 e. The number of Topliss-reactive ketones (excluding diaryl/α,β-unsaturated/α-hetero) is 2. The Kier molecular flexibility index (Phi) is 4.62. The summed E-state index contributed by atoms with van der Waals surface area (Å²) >= 11 is 0. The van der Waals surface area contributed by atoms with Gasteiger partial charge in [-0.3, -0.25) is 9.59 Å². The Balaban J connectivity index is 4.44. The molecule has 0 aromatic heterocycles. The fraction of sp³-hybridized carbons (Fsp3) is 0.778. The lowest BCUT2D eigenvalue weighted by Crippen LogP contribution is -2.30. The van der Waals surface area contributed by atoms with Crippen molar-refractivity contribution in [1.29, 1.82) is 0 Å². The van der Waals surface area contributed by atoms with Gasteiger partial charge in [-0.15, -0.1) is 9.24 Å². The zero-order chi connectivity index (χ0) is 9.78. The molecule has 70 valence electrons. The van der Waals surface area contributed by atoms with Crippen LogP contribution in [0.3, 0.4) is 0 Å². The Morgan fingerprint density at radius 3 is 2.17 bits per heavy atom. The van der Waals surface area contributed by atoms with E-state index in [2.05, 4.69) is 9.24 Å². The second-order valence-corrected chi connectivity index (χ2v) is 3.83. The van der Waals surface area contributed by atoms with Gasteiger partial charge in [0.25, 0.3) is 0 Å². The van der Waals surface area contributed by atoms with Crippen LogP contribution < -0.4 is 0 Å². The first-order chi connectivity index (χ1) is 5.46. The molecule has 0 saturated carbocycles. The summed E-state index contributed by atoms with van der Waals surface area (Å²) in [6.07, 6.45) is 1.55. The van der Waals surface area contributed by atoms with Crippen molar-refractivity contribution in [3.8, 4) is 0 Å². The maximum absolute atomic E-state index is 11.4. The van der Waals surface area contributed by atoms with E-state index >= 15 is 0 Å². The third kappa shape index (κ3) is 3.02. The van der Waals surface area contributed by atoms with Crippen LogP contribution in [0.1, 0.15) is 33.6 Å². The van der Waals surface area contributed by atoms with E-state index in [1.165, 1.54) is 6.92 Å². The molecule has 0 aliphatic heterocycles. The second kappa shape index (κ2) is 4.71. The molecule has 0 rings (SSSR count). The van der Waals surface area contributed by atoms with Crippen LogP contribution in [0.15, 0.2) is 0 Å².